The van der Waals surface area contributed by atoms with Crippen molar-refractivity contribution in [2.24, 2.45) is 0 Å². The smallest absolute Gasteiger partial charge is 0.146 e. The molecule has 18 heavy (non-hydrogen) atoms. The average molecular weight is 328 g/mol. The van der Waals surface area contributed by atoms with Crippen LogP contribution in [0.4, 0.5) is 0 Å². The zero-order valence-electron chi connectivity index (χ0n) is 9.73. The van der Waals surface area contributed by atoms with Gasteiger partial charge >= 0.3 is 0 Å². The van der Waals surface area contributed by atoms with Gasteiger partial charge in [0.05, 0.1) is 11.1 Å². The maximum absolute atomic E-state index is 9.68. The summed E-state index contributed by atoms with van der Waals surface area (Å²) in [7, 11) is 0. The van der Waals surface area contributed by atoms with Crippen LogP contribution < -0.4 is 4.74 Å². The molecule has 0 heterocycles. The normalized spacial score (nSPS) is 12.2. The van der Waals surface area contributed by atoms with E-state index < -0.39 is 6.10 Å². The Morgan fingerprint density at radius 3 is 2.56 bits per heavy atom. The lowest BCUT2D eigenvalue weighted by atomic mass is 10.1. The number of aliphatic hydroxyl groups excluding tert-OH is 1. The third kappa shape index (κ3) is 3.05. The third-order valence-corrected chi connectivity index (χ3v) is 3.27. The molecule has 2 aromatic carbocycles. The fourth-order valence-corrected chi connectivity index (χ4v) is 2.31. The van der Waals surface area contributed by atoms with E-state index in [0.29, 0.717) is 16.5 Å². The molecule has 0 saturated carbocycles. The first-order chi connectivity index (χ1) is 8.58. The molecule has 4 heteroatoms. The van der Waals surface area contributed by atoms with E-state index in [4.69, 9.17) is 16.3 Å². The van der Waals surface area contributed by atoms with E-state index in [-0.39, 0.29) is 0 Å². The lowest BCUT2D eigenvalue weighted by molar-refractivity contribution is 0.195. The highest BCUT2D eigenvalue weighted by Crippen LogP contribution is 2.34. The van der Waals surface area contributed by atoms with Gasteiger partial charge in [0, 0.05) is 10.0 Å². The first kappa shape index (κ1) is 13.4. The molecule has 0 aromatic heterocycles. The van der Waals surface area contributed by atoms with Gasteiger partial charge in [-0.15, -0.1) is 0 Å². The van der Waals surface area contributed by atoms with Crippen molar-refractivity contribution in [3.8, 4) is 11.5 Å². The van der Waals surface area contributed by atoms with Crippen molar-refractivity contribution >= 4 is 27.5 Å². The summed E-state index contributed by atoms with van der Waals surface area (Å²) in [5.74, 6) is 1.17. The van der Waals surface area contributed by atoms with Gasteiger partial charge in [-0.05, 0) is 31.2 Å². The van der Waals surface area contributed by atoms with Gasteiger partial charge in [0.25, 0.3) is 0 Å². The van der Waals surface area contributed by atoms with E-state index >= 15 is 0 Å². The number of para-hydroxylation sites is 1. The van der Waals surface area contributed by atoms with Crippen LogP contribution in [0.1, 0.15) is 18.6 Å². The summed E-state index contributed by atoms with van der Waals surface area (Å²) in [6, 6.07) is 12.7. The van der Waals surface area contributed by atoms with Gasteiger partial charge in [0.2, 0.25) is 0 Å². The topological polar surface area (TPSA) is 29.5 Å². The van der Waals surface area contributed by atoms with Gasteiger partial charge in [-0.25, -0.2) is 0 Å². The average Bonchev–Trinajstić information content (AvgIpc) is 2.33. The number of ether oxygens (including phenoxy) is 1. The zero-order chi connectivity index (χ0) is 13.1. The van der Waals surface area contributed by atoms with E-state index in [0.717, 1.165) is 10.0 Å². The Morgan fingerprint density at radius 1 is 1.17 bits per heavy atom. The summed E-state index contributed by atoms with van der Waals surface area (Å²) in [4.78, 5) is 0. The van der Waals surface area contributed by atoms with Crippen LogP contribution in [0.2, 0.25) is 5.02 Å². The minimum absolute atomic E-state index is 0.518. The fourth-order valence-electron chi connectivity index (χ4n) is 1.60. The van der Waals surface area contributed by atoms with Crippen LogP contribution in [0.15, 0.2) is 46.9 Å². The summed E-state index contributed by atoms with van der Waals surface area (Å²) >= 11 is 9.43. The largest absolute Gasteiger partial charge is 0.455 e. The molecule has 1 atom stereocenters. The Hall–Kier alpha value is -1.03. The van der Waals surface area contributed by atoms with Gasteiger partial charge < -0.3 is 9.84 Å². The van der Waals surface area contributed by atoms with Crippen LogP contribution in [-0.2, 0) is 0 Å². The fraction of sp³-hybridized carbons (Fsp3) is 0.143. The van der Waals surface area contributed by atoms with Gasteiger partial charge in [-0.2, -0.15) is 0 Å². The highest BCUT2D eigenvalue weighted by Gasteiger charge is 2.10. The predicted molar refractivity (Wildman–Crippen MR) is 76.3 cm³/mol. The molecule has 2 aromatic rings. The van der Waals surface area contributed by atoms with Crippen molar-refractivity contribution in [2.75, 3.05) is 0 Å². The number of hydrogen-bond donors (Lipinski definition) is 1. The molecule has 0 radical (unpaired) electrons. The van der Waals surface area contributed by atoms with Gasteiger partial charge in [-0.3, -0.25) is 0 Å². The molecule has 0 spiro atoms. The number of benzene rings is 2. The minimum Gasteiger partial charge on any atom is -0.455 e. The molecule has 0 unspecified atom stereocenters. The van der Waals surface area contributed by atoms with E-state index in [1.807, 2.05) is 24.3 Å². The van der Waals surface area contributed by atoms with Crippen LogP contribution in [0, 0.1) is 0 Å². The van der Waals surface area contributed by atoms with Crippen molar-refractivity contribution in [3.63, 3.8) is 0 Å². The Balaban J connectivity index is 2.34. The molecular formula is C14H12BrClO2. The van der Waals surface area contributed by atoms with Crippen LogP contribution >= 0.6 is 27.5 Å². The maximum Gasteiger partial charge on any atom is 0.146 e. The standard InChI is InChI=1S/C14H12BrClO2/c1-9(17)11-4-2-3-5-13(11)18-14-7-6-10(15)8-12(14)16/h2-9,17H,1H3/t9-/m0/s1. The second kappa shape index (κ2) is 5.74. The third-order valence-electron chi connectivity index (χ3n) is 2.48. The van der Waals surface area contributed by atoms with Crippen LogP contribution in [0.3, 0.4) is 0 Å². The highest BCUT2D eigenvalue weighted by atomic mass is 79.9. The maximum atomic E-state index is 9.68. The first-order valence-electron chi connectivity index (χ1n) is 5.48. The van der Waals surface area contributed by atoms with E-state index in [1.165, 1.54) is 0 Å². The van der Waals surface area contributed by atoms with Gasteiger partial charge in [0.15, 0.2) is 0 Å². The molecule has 0 aliphatic rings. The predicted octanol–water partition coefficient (Wildman–Crippen LogP) is 4.95. The summed E-state index contributed by atoms with van der Waals surface area (Å²) in [6.07, 6.45) is -0.588. The highest BCUT2D eigenvalue weighted by molar-refractivity contribution is 9.10. The molecule has 2 nitrogen and oxygen atoms in total. The molecule has 0 aliphatic heterocycles. The molecule has 0 fully saturated rings. The summed E-state index contributed by atoms with van der Waals surface area (Å²) in [6.45, 7) is 1.70. The Kier molecular flexibility index (Phi) is 4.27. The quantitative estimate of drug-likeness (QED) is 0.864. The van der Waals surface area contributed by atoms with Gasteiger partial charge in [-0.1, -0.05) is 45.7 Å². The number of rotatable bonds is 3. The SMILES string of the molecule is C[C@H](O)c1ccccc1Oc1ccc(Br)cc1Cl. The molecule has 0 amide bonds. The lowest BCUT2D eigenvalue weighted by Gasteiger charge is -2.13. The van der Waals surface area contributed by atoms with Crippen molar-refractivity contribution in [1.82, 2.24) is 0 Å². The molecule has 2 rings (SSSR count). The monoisotopic (exact) mass is 326 g/mol. The summed E-state index contributed by atoms with van der Waals surface area (Å²) < 4.78 is 6.64. The lowest BCUT2D eigenvalue weighted by Crippen LogP contribution is -1.96. The first-order valence-corrected chi connectivity index (χ1v) is 6.65. The molecule has 1 N–H and O–H groups in total. The van der Waals surface area contributed by atoms with Crippen LogP contribution in [0.25, 0.3) is 0 Å². The van der Waals surface area contributed by atoms with E-state index in [1.54, 1.807) is 25.1 Å². The summed E-state index contributed by atoms with van der Waals surface area (Å²) in [5.41, 5.74) is 0.733. The molecule has 0 bridgehead atoms. The number of aliphatic hydroxyl groups is 1. The molecule has 0 aliphatic carbocycles. The molecular weight excluding hydrogens is 316 g/mol. The van der Waals surface area contributed by atoms with E-state index in [9.17, 15) is 5.11 Å². The van der Waals surface area contributed by atoms with Crippen molar-refractivity contribution < 1.29 is 9.84 Å². The van der Waals surface area contributed by atoms with Crippen LogP contribution in [0.5, 0.6) is 11.5 Å². The Labute approximate surface area is 119 Å². The van der Waals surface area contributed by atoms with Crippen molar-refractivity contribution in [3.05, 3.63) is 57.5 Å². The van der Waals surface area contributed by atoms with Crippen molar-refractivity contribution in [2.45, 2.75) is 13.0 Å². The second-order valence-electron chi connectivity index (χ2n) is 3.89. The Bertz CT molecular complexity index is 555. The number of hydrogen-bond acceptors (Lipinski definition) is 2. The van der Waals surface area contributed by atoms with E-state index in [2.05, 4.69) is 15.9 Å². The van der Waals surface area contributed by atoms with Crippen LogP contribution in [-0.4, -0.2) is 5.11 Å². The zero-order valence-corrected chi connectivity index (χ0v) is 12.1. The molecule has 0 saturated heterocycles. The molecule has 94 valence electrons. The Morgan fingerprint density at radius 2 is 1.89 bits per heavy atom. The van der Waals surface area contributed by atoms with Crippen molar-refractivity contribution in [1.29, 1.82) is 0 Å². The summed E-state index contributed by atoms with van der Waals surface area (Å²) in [5, 5.41) is 10.2. The second-order valence-corrected chi connectivity index (χ2v) is 5.21. The number of halogens is 2. The minimum atomic E-state index is -0.588. The van der Waals surface area contributed by atoms with Gasteiger partial charge in [0.1, 0.15) is 11.5 Å².